The van der Waals surface area contributed by atoms with Crippen LogP contribution in [0.3, 0.4) is 0 Å². The highest BCUT2D eigenvalue weighted by molar-refractivity contribution is 5.36. The van der Waals surface area contributed by atoms with E-state index in [1.54, 1.807) is 0 Å². The van der Waals surface area contributed by atoms with Crippen molar-refractivity contribution in [1.82, 2.24) is 10.2 Å². The van der Waals surface area contributed by atoms with Gasteiger partial charge in [-0.3, -0.25) is 0 Å². The molecule has 0 aromatic carbocycles. The molecule has 1 aliphatic rings. The molecule has 0 spiro atoms. The maximum Gasteiger partial charge on any atom is 0.148 e. The fourth-order valence-electron chi connectivity index (χ4n) is 1.86. The predicted molar refractivity (Wildman–Crippen MR) is 60.6 cm³/mol. The summed E-state index contributed by atoms with van der Waals surface area (Å²) in [5.74, 6) is 0.838. The van der Waals surface area contributed by atoms with Gasteiger partial charge in [-0.2, -0.15) is 5.10 Å². The molecule has 0 saturated heterocycles. The molecule has 2 atom stereocenters. The van der Waals surface area contributed by atoms with Crippen LogP contribution >= 0.6 is 0 Å². The molecule has 4 nitrogen and oxygen atoms in total. The monoisotopic (exact) mass is 206 g/mol. The van der Waals surface area contributed by atoms with Gasteiger partial charge in [-0.25, -0.2) is 0 Å². The Kier molecular flexibility index (Phi) is 2.38. The smallest absolute Gasteiger partial charge is 0.148 e. The van der Waals surface area contributed by atoms with Gasteiger partial charge in [0.25, 0.3) is 0 Å². The summed E-state index contributed by atoms with van der Waals surface area (Å²) in [4.78, 5) is 0. The predicted octanol–water partition coefficient (Wildman–Crippen LogP) is 1.32. The Morgan fingerprint density at radius 3 is 2.60 bits per heavy atom. The molecule has 2 rings (SSSR count). The second kappa shape index (κ2) is 3.45. The second-order valence-corrected chi connectivity index (χ2v) is 4.92. The average molecular weight is 206 g/mol. The molecule has 4 heteroatoms. The molecule has 0 amide bonds. The van der Waals surface area contributed by atoms with Gasteiger partial charge in [0.05, 0.1) is 5.69 Å². The van der Waals surface area contributed by atoms with E-state index in [-0.39, 0.29) is 11.5 Å². The van der Waals surface area contributed by atoms with Crippen molar-refractivity contribution in [1.29, 1.82) is 0 Å². The Labute approximate surface area is 90.3 Å². The van der Waals surface area contributed by atoms with E-state index >= 15 is 0 Å². The van der Waals surface area contributed by atoms with E-state index in [0.717, 1.165) is 17.9 Å². The summed E-state index contributed by atoms with van der Waals surface area (Å²) in [5.41, 5.74) is 7.03. The molecule has 2 unspecified atom stereocenters. The molecule has 1 fully saturated rings. The molecule has 1 aromatic rings. The molecule has 82 valence electrons. The number of aryl methyl sites for hydroxylation is 1. The van der Waals surface area contributed by atoms with Gasteiger partial charge in [-0.15, -0.1) is 5.10 Å². The van der Waals surface area contributed by atoms with Crippen molar-refractivity contribution in [3.8, 4) is 0 Å². The zero-order valence-electron chi connectivity index (χ0n) is 9.49. The van der Waals surface area contributed by atoms with Crippen LogP contribution in [0.15, 0.2) is 12.1 Å². The van der Waals surface area contributed by atoms with E-state index in [0.29, 0.717) is 6.04 Å². The first-order chi connectivity index (χ1) is 7.00. The van der Waals surface area contributed by atoms with Gasteiger partial charge in [-0.1, -0.05) is 13.8 Å². The molecule has 1 aliphatic carbocycles. The van der Waals surface area contributed by atoms with Crippen molar-refractivity contribution in [3.63, 3.8) is 0 Å². The summed E-state index contributed by atoms with van der Waals surface area (Å²) in [7, 11) is 0. The van der Waals surface area contributed by atoms with Crippen LogP contribution in [0.5, 0.6) is 0 Å². The topological polar surface area (TPSA) is 63.8 Å². The third kappa shape index (κ3) is 1.81. The molecule has 1 saturated carbocycles. The van der Waals surface area contributed by atoms with Crippen LogP contribution < -0.4 is 11.1 Å². The van der Waals surface area contributed by atoms with E-state index < -0.39 is 0 Å². The molecular weight excluding hydrogens is 188 g/mol. The summed E-state index contributed by atoms with van der Waals surface area (Å²) in [5, 5.41) is 11.5. The van der Waals surface area contributed by atoms with Crippen molar-refractivity contribution < 1.29 is 0 Å². The fraction of sp³-hybridized carbons (Fsp3) is 0.636. The Balaban J connectivity index is 2.02. The van der Waals surface area contributed by atoms with Crippen LogP contribution in [-0.2, 0) is 0 Å². The number of nitrogens with one attached hydrogen (secondary N) is 1. The minimum absolute atomic E-state index is 0.145. The number of nitrogens with two attached hydrogens (primary N) is 1. The highest BCUT2D eigenvalue weighted by Crippen LogP contribution is 2.40. The average Bonchev–Trinajstić information content (AvgIpc) is 2.21. The Hall–Kier alpha value is -1.16. The summed E-state index contributed by atoms with van der Waals surface area (Å²) in [6.45, 7) is 6.29. The zero-order chi connectivity index (χ0) is 11.1. The molecule has 15 heavy (non-hydrogen) atoms. The molecular formula is C11H18N4. The van der Waals surface area contributed by atoms with Gasteiger partial charge in [0.1, 0.15) is 5.82 Å². The van der Waals surface area contributed by atoms with Crippen molar-refractivity contribution >= 4 is 5.82 Å². The number of rotatable bonds is 2. The number of hydrogen-bond acceptors (Lipinski definition) is 4. The lowest BCUT2D eigenvalue weighted by atomic mass is 9.63. The summed E-state index contributed by atoms with van der Waals surface area (Å²) in [6, 6.07) is 4.61. The van der Waals surface area contributed by atoms with E-state index in [9.17, 15) is 0 Å². The van der Waals surface area contributed by atoms with E-state index in [2.05, 4.69) is 29.4 Å². The first-order valence-electron chi connectivity index (χ1n) is 5.32. The standard InChI is InChI=1S/C11H18N4/c1-7-4-5-10(15-14-7)13-9-6-8(12)11(9,2)3/h4-5,8-9H,6,12H2,1-3H3,(H,13,15). The van der Waals surface area contributed by atoms with Gasteiger partial charge < -0.3 is 11.1 Å². The third-order valence-electron chi connectivity index (χ3n) is 3.46. The maximum atomic E-state index is 5.95. The Morgan fingerprint density at radius 1 is 1.40 bits per heavy atom. The summed E-state index contributed by atoms with van der Waals surface area (Å²) >= 11 is 0. The SMILES string of the molecule is Cc1ccc(NC2CC(N)C2(C)C)nn1. The largest absolute Gasteiger partial charge is 0.365 e. The van der Waals surface area contributed by atoms with E-state index in [4.69, 9.17) is 5.73 Å². The second-order valence-electron chi connectivity index (χ2n) is 4.92. The highest BCUT2D eigenvalue weighted by Gasteiger charge is 2.46. The van der Waals surface area contributed by atoms with Crippen LogP contribution in [-0.4, -0.2) is 22.3 Å². The van der Waals surface area contributed by atoms with E-state index in [1.807, 2.05) is 19.1 Å². The van der Waals surface area contributed by atoms with Gasteiger partial charge in [0, 0.05) is 17.5 Å². The minimum Gasteiger partial charge on any atom is -0.365 e. The van der Waals surface area contributed by atoms with Crippen LogP contribution in [0.1, 0.15) is 26.0 Å². The van der Waals surface area contributed by atoms with Crippen LogP contribution in [0.4, 0.5) is 5.82 Å². The normalized spacial score (nSPS) is 28.3. The first-order valence-corrected chi connectivity index (χ1v) is 5.32. The quantitative estimate of drug-likeness (QED) is 0.766. The molecule has 3 N–H and O–H groups in total. The van der Waals surface area contributed by atoms with E-state index in [1.165, 1.54) is 0 Å². The van der Waals surface area contributed by atoms with Crippen LogP contribution in [0.2, 0.25) is 0 Å². The van der Waals surface area contributed by atoms with Crippen molar-refractivity contribution in [2.75, 3.05) is 5.32 Å². The molecule has 0 aliphatic heterocycles. The number of hydrogen-bond donors (Lipinski definition) is 2. The minimum atomic E-state index is 0.145. The van der Waals surface area contributed by atoms with Crippen LogP contribution in [0.25, 0.3) is 0 Å². The lowest BCUT2D eigenvalue weighted by molar-refractivity contribution is 0.117. The lowest BCUT2D eigenvalue weighted by Crippen LogP contribution is -2.61. The molecule has 1 aromatic heterocycles. The third-order valence-corrected chi connectivity index (χ3v) is 3.46. The lowest BCUT2D eigenvalue weighted by Gasteiger charge is -2.50. The zero-order valence-corrected chi connectivity index (χ0v) is 9.49. The van der Waals surface area contributed by atoms with Gasteiger partial charge in [0.15, 0.2) is 0 Å². The van der Waals surface area contributed by atoms with Crippen molar-refractivity contribution in [3.05, 3.63) is 17.8 Å². The molecule has 0 radical (unpaired) electrons. The summed E-state index contributed by atoms with van der Waals surface area (Å²) in [6.07, 6.45) is 1.00. The van der Waals surface area contributed by atoms with Crippen molar-refractivity contribution in [2.24, 2.45) is 11.1 Å². The number of anilines is 1. The van der Waals surface area contributed by atoms with Crippen LogP contribution in [0, 0.1) is 12.3 Å². The first kappa shape index (κ1) is 10.4. The number of aromatic nitrogens is 2. The van der Waals surface area contributed by atoms with Crippen molar-refractivity contribution in [2.45, 2.75) is 39.3 Å². The highest BCUT2D eigenvalue weighted by atomic mass is 15.2. The Bertz CT molecular complexity index is 344. The molecule has 1 heterocycles. The maximum absolute atomic E-state index is 5.95. The van der Waals surface area contributed by atoms with Gasteiger partial charge >= 0.3 is 0 Å². The summed E-state index contributed by atoms with van der Waals surface area (Å²) < 4.78 is 0. The van der Waals surface area contributed by atoms with Gasteiger partial charge in [-0.05, 0) is 25.5 Å². The Morgan fingerprint density at radius 2 is 2.13 bits per heavy atom. The fourth-order valence-corrected chi connectivity index (χ4v) is 1.86. The molecule has 0 bridgehead atoms. The number of nitrogens with zero attached hydrogens (tertiary/aromatic N) is 2. The van der Waals surface area contributed by atoms with Gasteiger partial charge in [0.2, 0.25) is 0 Å².